The van der Waals surface area contributed by atoms with Crippen molar-refractivity contribution in [2.24, 2.45) is 0 Å². The minimum atomic E-state index is -0.338. The van der Waals surface area contributed by atoms with Crippen LogP contribution in [-0.4, -0.2) is 49.3 Å². The molecule has 1 aromatic rings. The summed E-state index contributed by atoms with van der Waals surface area (Å²) >= 11 is 0. The van der Waals surface area contributed by atoms with Crippen LogP contribution in [0.3, 0.4) is 0 Å². The fraction of sp³-hybridized carbons (Fsp3) is 0.500. The Kier molecular flexibility index (Phi) is 4.72. The van der Waals surface area contributed by atoms with E-state index in [0.717, 1.165) is 32.6 Å². The molecule has 1 aliphatic heterocycles. The van der Waals surface area contributed by atoms with Crippen LogP contribution in [0.2, 0.25) is 0 Å². The Bertz CT molecular complexity index is 472. The smallest absolute Gasteiger partial charge is 0.147 e. The number of benzene rings is 1. The first-order valence-corrected chi connectivity index (χ1v) is 6.52. The van der Waals surface area contributed by atoms with Crippen LogP contribution in [0.25, 0.3) is 0 Å². The van der Waals surface area contributed by atoms with Crippen LogP contribution in [0.5, 0.6) is 0 Å². The van der Waals surface area contributed by atoms with Gasteiger partial charge in [-0.05, 0) is 31.2 Å². The van der Waals surface area contributed by atoms with E-state index >= 15 is 0 Å². The highest BCUT2D eigenvalue weighted by Crippen LogP contribution is 2.21. The average molecular weight is 263 g/mol. The summed E-state index contributed by atoms with van der Waals surface area (Å²) in [5.74, 6) is -0.338. The van der Waals surface area contributed by atoms with E-state index in [0.29, 0.717) is 17.8 Å². The third kappa shape index (κ3) is 3.43. The van der Waals surface area contributed by atoms with Crippen LogP contribution < -0.4 is 4.90 Å². The molecule has 0 aliphatic carbocycles. The van der Waals surface area contributed by atoms with Gasteiger partial charge < -0.3 is 10.0 Å². The lowest BCUT2D eigenvalue weighted by Gasteiger charge is -2.23. The maximum Gasteiger partial charge on any atom is 0.147 e. The van der Waals surface area contributed by atoms with Crippen molar-refractivity contribution in [3.8, 4) is 6.07 Å². The van der Waals surface area contributed by atoms with Crippen molar-refractivity contribution in [3.05, 3.63) is 29.6 Å². The van der Waals surface area contributed by atoms with Gasteiger partial charge in [-0.25, -0.2) is 4.39 Å². The third-order valence-electron chi connectivity index (χ3n) is 3.42. The lowest BCUT2D eigenvalue weighted by molar-refractivity contribution is 0.204. The molecule has 1 saturated heterocycles. The van der Waals surface area contributed by atoms with Crippen LogP contribution in [0.15, 0.2) is 18.2 Å². The second-order valence-corrected chi connectivity index (χ2v) is 4.68. The van der Waals surface area contributed by atoms with Crippen LogP contribution in [0.1, 0.15) is 12.0 Å². The summed E-state index contributed by atoms with van der Waals surface area (Å²) in [4.78, 5) is 4.19. The van der Waals surface area contributed by atoms with Crippen molar-refractivity contribution in [1.82, 2.24) is 4.90 Å². The zero-order chi connectivity index (χ0) is 13.7. The highest BCUT2D eigenvalue weighted by atomic mass is 19.1. The third-order valence-corrected chi connectivity index (χ3v) is 3.42. The Balaban J connectivity index is 2.08. The van der Waals surface area contributed by atoms with Gasteiger partial charge in [0.2, 0.25) is 0 Å². The second kappa shape index (κ2) is 6.50. The summed E-state index contributed by atoms with van der Waals surface area (Å²) in [5, 5.41) is 17.7. The predicted octanol–water partition coefficient (Wildman–Crippen LogP) is 1.20. The molecule has 2 rings (SSSR count). The lowest BCUT2D eigenvalue weighted by Crippen LogP contribution is -2.32. The molecule has 0 bridgehead atoms. The molecule has 1 fully saturated rings. The number of rotatable bonds is 3. The van der Waals surface area contributed by atoms with Crippen LogP contribution >= 0.6 is 0 Å². The Morgan fingerprint density at radius 2 is 2.11 bits per heavy atom. The van der Waals surface area contributed by atoms with Gasteiger partial charge >= 0.3 is 0 Å². The predicted molar refractivity (Wildman–Crippen MR) is 71.5 cm³/mol. The number of anilines is 1. The normalized spacial score (nSPS) is 17.0. The van der Waals surface area contributed by atoms with Crippen molar-refractivity contribution in [2.45, 2.75) is 6.42 Å². The first-order valence-electron chi connectivity index (χ1n) is 6.52. The van der Waals surface area contributed by atoms with E-state index < -0.39 is 0 Å². The summed E-state index contributed by atoms with van der Waals surface area (Å²) < 4.78 is 14.0. The Morgan fingerprint density at radius 1 is 1.26 bits per heavy atom. The first kappa shape index (κ1) is 13.8. The van der Waals surface area contributed by atoms with Gasteiger partial charge in [0.25, 0.3) is 0 Å². The van der Waals surface area contributed by atoms with E-state index in [9.17, 15) is 4.39 Å². The van der Waals surface area contributed by atoms with Crippen molar-refractivity contribution in [2.75, 3.05) is 44.2 Å². The van der Waals surface area contributed by atoms with Gasteiger partial charge in [-0.1, -0.05) is 0 Å². The Labute approximate surface area is 112 Å². The van der Waals surface area contributed by atoms with Crippen LogP contribution in [0, 0.1) is 17.1 Å². The molecule has 5 heteroatoms. The van der Waals surface area contributed by atoms with Gasteiger partial charge in [0.05, 0.1) is 23.9 Å². The van der Waals surface area contributed by atoms with Gasteiger partial charge in [0, 0.05) is 26.2 Å². The van der Waals surface area contributed by atoms with E-state index in [-0.39, 0.29) is 12.4 Å². The molecule has 0 unspecified atom stereocenters. The summed E-state index contributed by atoms with van der Waals surface area (Å²) in [6.45, 7) is 4.11. The molecule has 1 N–H and O–H groups in total. The fourth-order valence-corrected chi connectivity index (χ4v) is 2.41. The van der Waals surface area contributed by atoms with Gasteiger partial charge in [0.15, 0.2) is 0 Å². The molecule has 1 heterocycles. The molecule has 4 nitrogen and oxygen atoms in total. The lowest BCUT2D eigenvalue weighted by atomic mass is 10.2. The molecular formula is C14H18FN3O. The van der Waals surface area contributed by atoms with E-state index in [1.54, 1.807) is 12.1 Å². The number of aliphatic hydroxyl groups excluding tert-OH is 1. The molecule has 1 aliphatic rings. The van der Waals surface area contributed by atoms with Crippen molar-refractivity contribution in [1.29, 1.82) is 5.26 Å². The fourth-order valence-electron chi connectivity index (χ4n) is 2.41. The quantitative estimate of drug-likeness (QED) is 0.890. The van der Waals surface area contributed by atoms with Crippen molar-refractivity contribution in [3.63, 3.8) is 0 Å². The highest BCUT2D eigenvalue weighted by molar-refractivity contribution is 5.51. The second-order valence-electron chi connectivity index (χ2n) is 4.68. The summed E-state index contributed by atoms with van der Waals surface area (Å²) in [6, 6.07) is 6.55. The van der Waals surface area contributed by atoms with Gasteiger partial charge in [-0.2, -0.15) is 5.26 Å². The molecule has 0 saturated carbocycles. The zero-order valence-corrected chi connectivity index (χ0v) is 10.8. The van der Waals surface area contributed by atoms with Crippen molar-refractivity contribution < 1.29 is 9.50 Å². The average Bonchev–Trinajstić information content (AvgIpc) is 2.65. The SMILES string of the molecule is N#Cc1ccc(N2CCCN(CCO)CC2)c(F)c1. The first-order chi connectivity index (χ1) is 9.24. The van der Waals surface area contributed by atoms with E-state index in [2.05, 4.69) is 4.90 Å². The zero-order valence-electron chi connectivity index (χ0n) is 10.8. The maximum absolute atomic E-state index is 14.0. The van der Waals surface area contributed by atoms with Crippen LogP contribution in [-0.2, 0) is 0 Å². The molecular weight excluding hydrogens is 245 g/mol. The summed E-state index contributed by atoms with van der Waals surface area (Å²) in [7, 11) is 0. The molecule has 0 aromatic heterocycles. The number of β-amino-alcohol motifs (C(OH)–C–C–N with tert-alkyl or cyclic N) is 1. The topological polar surface area (TPSA) is 50.5 Å². The van der Waals surface area contributed by atoms with Gasteiger partial charge in [-0.15, -0.1) is 0 Å². The number of hydrogen-bond acceptors (Lipinski definition) is 4. The van der Waals surface area contributed by atoms with Crippen molar-refractivity contribution >= 4 is 5.69 Å². The molecule has 102 valence electrons. The number of aliphatic hydroxyl groups is 1. The highest BCUT2D eigenvalue weighted by Gasteiger charge is 2.17. The number of halogens is 1. The number of hydrogen-bond donors (Lipinski definition) is 1. The van der Waals surface area contributed by atoms with E-state index in [1.807, 2.05) is 11.0 Å². The molecule has 0 amide bonds. The van der Waals surface area contributed by atoms with Gasteiger partial charge in [0.1, 0.15) is 5.82 Å². The van der Waals surface area contributed by atoms with E-state index in [1.165, 1.54) is 6.07 Å². The number of nitrogens with zero attached hydrogens (tertiary/aromatic N) is 3. The largest absolute Gasteiger partial charge is 0.395 e. The molecule has 1 aromatic carbocycles. The monoisotopic (exact) mass is 263 g/mol. The molecule has 19 heavy (non-hydrogen) atoms. The minimum Gasteiger partial charge on any atom is -0.395 e. The van der Waals surface area contributed by atoms with E-state index in [4.69, 9.17) is 10.4 Å². The molecule has 0 spiro atoms. The molecule has 0 radical (unpaired) electrons. The Morgan fingerprint density at radius 3 is 2.79 bits per heavy atom. The summed E-state index contributed by atoms with van der Waals surface area (Å²) in [6.07, 6.45) is 0.944. The molecule has 0 atom stereocenters. The van der Waals surface area contributed by atoms with Crippen LogP contribution in [0.4, 0.5) is 10.1 Å². The maximum atomic E-state index is 14.0. The standard InChI is InChI=1S/C14H18FN3O/c15-13-10-12(11-16)2-3-14(13)18-5-1-4-17(6-7-18)8-9-19/h2-3,10,19H,1,4-9H2. The Hall–Kier alpha value is -1.64. The number of nitriles is 1. The van der Waals surface area contributed by atoms with Gasteiger partial charge in [-0.3, -0.25) is 4.90 Å². The minimum absolute atomic E-state index is 0.158. The summed E-state index contributed by atoms with van der Waals surface area (Å²) in [5.41, 5.74) is 0.905.